The Hall–Kier alpha value is -4.06. The Morgan fingerprint density at radius 1 is 1.03 bits per heavy atom. The third kappa shape index (κ3) is 2.95. The quantitative estimate of drug-likeness (QED) is 0.500. The van der Waals surface area contributed by atoms with Crippen molar-refractivity contribution in [2.45, 2.75) is 6.04 Å². The van der Waals surface area contributed by atoms with Crippen LogP contribution in [-0.4, -0.2) is 39.5 Å². The van der Waals surface area contributed by atoms with Crippen LogP contribution in [0.15, 0.2) is 73.4 Å². The zero-order valence-electron chi connectivity index (χ0n) is 16.8. The Kier molecular flexibility index (Phi) is 4.29. The number of carbonyl (C=O) groups excluding carboxylic acids is 2. The first-order valence-electron chi connectivity index (χ1n) is 10.0. The topological polar surface area (TPSA) is 88.6 Å². The lowest BCUT2D eigenvalue weighted by Gasteiger charge is -2.39. The van der Waals surface area contributed by atoms with Crippen molar-refractivity contribution in [1.82, 2.24) is 9.47 Å². The van der Waals surface area contributed by atoms with Gasteiger partial charge < -0.3 is 20.3 Å². The first-order chi connectivity index (χ1) is 15.0. The fourth-order valence-electron chi connectivity index (χ4n) is 4.50. The van der Waals surface area contributed by atoms with E-state index in [1.807, 2.05) is 48.7 Å². The Morgan fingerprint density at radius 2 is 1.81 bits per heavy atom. The van der Waals surface area contributed by atoms with Crippen molar-refractivity contribution in [1.29, 1.82) is 0 Å². The highest BCUT2D eigenvalue weighted by atomic mass is 16.3. The molecule has 1 fully saturated rings. The van der Waals surface area contributed by atoms with Gasteiger partial charge in [-0.05, 0) is 52.2 Å². The van der Waals surface area contributed by atoms with Crippen LogP contribution < -0.4 is 5.73 Å². The molecule has 1 aliphatic heterocycles. The maximum absolute atomic E-state index is 12.6. The summed E-state index contributed by atoms with van der Waals surface area (Å²) in [7, 11) is 0. The first kappa shape index (κ1) is 18.9. The number of carbonyl (C=O) groups is 2. The van der Waals surface area contributed by atoms with Gasteiger partial charge in [0, 0.05) is 30.2 Å². The van der Waals surface area contributed by atoms with Crippen LogP contribution in [0.5, 0.6) is 5.75 Å². The zero-order chi connectivity index (χ0) is 21.7. The molecule has 6 heteroatoms. The molecule has 0 bridgehead atoms. The van der Waals surface area contributed by atoms with Crippen LogP contribution in [0.2, 0.25) is 0 Å². The van der Waals surface area contributed by atoms with Gasteiger partial charge >= 0.3 is 0 Å². The number of benzene rings is 3. The summed E-state index contributed by atoms with van der Waals surface area (Å²) in [6.07, 6.45) is 3.25. The fraction of sp³-hybridized carbons (Fsp3) is 0.120. The Balaban J connectivity index is 1.66. The summed E-state index contributed by atoms with van der Waals surface area (Å²) >= 11 is 0. The van der Waals surface area contributed by atoms with E-state index < -0.39 is 5.91 Å². The largest absolute Gasteiger partial charge is 0.508 e. The number of fused-ring (bicyclic) bond motifs is 2. The van der Waals surface area contributed by atoms with Crippen molar-refractivity contribution in [3.63, 3.8) is 0 Å². The minimum Gasteiger partial charge on any atom is -0.508 e. The van der Waals surface area contributed by atoms with Crippen LogP contribution in [0.4, 0.5) is 0 Å². The van der Waals surface area contributed by atoms with Gasteiger partial charge in [-0.2, -0.15) is 0 Å². The van der Waals surface area contributed by atoms with Crippen molar-refractivity contribution in [3.05, 3.63) is 79.0 Å². The number of likely N-dealkylation sites (tertiary alicyclic amines) is 1. The maximum atomic E-state index is 12.6. The molecular formula is C25H21N3O3. The fourth-order valence-corrected chi connectivity index (χ4v) is 4.50. The van der Waals surface area contributed by atoms with Crippen molar-refractivity contribution >= 4 is 33.5 Å². The lowest BCUT2D eigenvalue weighted by Crippen LogP contribution is -2.49. The third-order valence-electron chi connectivity index (χ3n) is 6.03. The van der Waals surface area contributed by atoms with Crippen molar-refractivity contribution in [3.8, 4) is 16.9 Å². The van der Waals surface area contributed by atoms with Gasteiger partial charge in [-0.15, -0.1) is 0 Å². The van der Waals surface area contributed by atoms with E-state index in [4.69, 9.17) is 5.73 Å². The highest BCUT2D eigenvalue weighted by Gasteiger charge is 2.31. The monoisotopic (exact) mass is 411 g/mol. The van der Waals surface area contributed by atoms with Crippen LogP contribution in [-0.2, 0) is 4.79 Å². The molecular weight excluding hydrogens is 390 g/mol. The number of aromatic nitrogens is 1. The molecule has 2 heterocycles. The smallest absolute Gasteiger partial charge is 0.250 e. The molecule has 1 aliphatic rings. The molecule has 3 N–H and O–H groups in total. The first-order valence-corrected chi connectivity index (χ1v) is 10.0. The molecule has 4 aromatic rings. The van der Waals surface area contributed by atoms with E-state index >= 15 is 0 Å². The molecule has 3 aromatic carbocycles. The standard InChI is InChI=1S/C25H21N3O3/c1-2-23(30)27-13-16(14-27)28-10-9-20-22(28)8-7-19(24(20)25(26)31)21-12-17(29)11-15-5-3-4-6-18(15)21/h2-12,16,29H,1,13-14H2,(H2,26,31). The molecule has 1 aromatic heterocycles. The van der Waals surface area contributed by atoms with Crippen LogP contribution in [0.25, 0.3) is 32.8 Å². The maximum Gasteiger partial charge on any atom is 0.250 e. The average molecular weight is 411 g/mol. The number of amides is 2. The van der Waals surface area contributed by atoms with Crippen molar-refractivity contribution in [2.24, 2.45) is 5.73 Å². The molecule has 154 valence electrons. The number of phenolic OH excluding ortho intramolecular Hbond substituents is 1. The molecule has 0 unspecified atom stereocenters. The van der Waals surface area contributed by atoms with Crippen LogP contribution in [0, 0.1) is 0 Å². The third-order valence-corrected chi connectivity index (χ3v) is 6.03. The summed E-state index contributed by atoms with van der Waals surface area (Å²) in [6, 6.07) is 16.9. The molecule has 0 saturated carbocycles. The Labute approximate surface area is 178 Å². The second-order valence-electron chi connectivity index (χ2n) is 7.82. The van der Waals surface area contributed by atoms with Crippen molar-refractivity contribution < 1.29 is 14.7 Å². The molecule has 31 heavy (non-hydrogen) atoms. The number of nitrogens with two attached hydrogens (primary N) is 1. The van der Waals surface area contributed by atoms with Crippen LogP contribution >= 0.6 is 0 Å². The average Bonchev–Trinajstić information content (AvgIpc) is 3.14. The molecule has 0 radical (unpaired) electrons. The minimum atomic E-state index is -0.525. The highest BCUT2D eigenvalue weighted by Crippen LogP contribution is 2.38. The molecule has 2 amide bonds. The number of phenols is 1. The number of rotatable bonds is 4. The number of nitrogens with zero attached hydrogens (tertiary/aromatic N) is 2. The normalized spacial score (nSPS) is 14.0. The summed E-state index contributed by atoms with van der Waals surface area (Å²) in [5.74, 6) is -0.477. The zero-order valence-corrected chi connectivity index (χ0v) is 16.8. The number of hydrogen-bond donors (Lipinski definition) is 2. The second kappa shape index (κ2) is 7.02. The van der Waals surface area contributed by atoms with Gasteiger partial charge in [0.25, 0.3) is 0 Å². The van der Waals surface area contributed by atoms with E-state index in [2.05, 4.69) is 11.1 Å². The predicted molar refractivity (Wildman–Crippen MR) is 121 cm³/mol. The molecule has 5 rings (SSSR count). The van der Waals surface area contributed by atoms with Crippen LogP contribution in [0.3, 0.4) is 0 Å². The van der Waals surface area contributed by atoms with Gasteiger partial charge in [-0.3, -0.25) is 9.59 Å². The summed E-state index contributed by atoms with van der Waals surface area (Å²) in [4.78, 5) is 26.1. The minimum absolute atomic E-state index is 0.0800. The van der Waals surface area contributed by atoms with Gasteiger partial charge in [0.1, 0.15) is 5.75 Å². The highest BCUT2D eigenvalue weighted by molar-refractivity contribution is 6.14. The Morgan fingerprint density at radius 3 is 2.55 bits per heavy atom. The van der Waals surface area contributed by atoms with Crippen molar-refractivity contribution in [2.75, 3.05) is 13.1 Å². The van der Waals surface area contributed by atoms with E-state index in [1.54, 1.807) is 17.0 Å². The van der Waals surface area contributed by atoms with Gasteiger partial charge in [0.05, 0.1) is 11.6 Å². The van der Waals surface area contributed by atoms with E-state index in [1.165, 1.54) is 6.08 Å². The lowest BCUT2D eigenvalue weighted by atomic mass is 9.92. The molecule has 0 atom stereocenters. The Bertz CT molecular complexity index is 1380. The number of aromatic hydroxyl groups is 1. The summed E-state index contributed by atoms with van der Waals surface area (Å²) in [6.45, 7) is 4.72. The van der Waals surface area contributed by atoms with Gasteiger partial charge in [0.15, 0.2) is 0 Å². The van der Waals surface area contributed by atoms with E-state index in [-0.39, 0.29) is 17.7 Å². The predicted octanol–water partition coefficient (Wildman–Crippen LogP) is 3.84. The molecule has 6 nitrogen and oxygen atoms in total. The van der Waals surface area contributed by atoms with E-state index in [9.17, 15) is 14.7 Å². The summed E-state index contributed by atoms with van der Waals surface area (Å²) in [5, 5.41) is 12.8. The van der Waals surface area contributed by atoms with Gasteiger partial charge in [-0.25, -0.2) is 0 Å². The van der Waals surface area contributed by atoms with Gasteiger partial charge in [0.2, 0.25) is 11.8 Å². The molecule has 0 spiro atoms. The SMILES string of the molecule is C=CC(=O)N1CC(n2ccc3c(C(N)=O)c(-c4cc(O)cc5ccccc45)ccc32)C1. The van der Waals surface area contributed by atoms with E-state index in [0.717, 1.165) is 27.2 Å². The summed E-state index contributed by atoms with van der Waals surface area (Å²) < 4.78 is 2.08. The van der Waals surface area contributed by atoms with Gasteiger partial charge in [-0.1, -0.05) is 36.9 Å². The molecule has 0 aliphatic carbocycles. The second-order valence-corrected chi connectivity index (χ2v) is 7.82. The molecule has 1 saturated heterocycles. The van der Waals surface area contributed by atoms with E-state index in [0.29, 0.717) is 24.2 Å². The number of hydrogen-bond acceptors (Lipinski definition) is 3. The lowest BCUT2D eigenvalue weighted by molar-refractivity contribution is -0.131. The number of primary amides is 1. The van der Waals surface area contributed by atoms with Crippen LogP contribution in [0.1, 0.15) is 16.4 Å². The summed E-state index contributed by atoms with van der Waals surface area (Å²) in [5.41, 5.74) is 8.58.